The van der Waals surface area contributed by atoms with Gasteiger partial charge in [0, 0.05) is 40.1 Å². The van der Waals surface area contributed by atoms with E-state index >= 15 is 0 Å². The van der Waals surface area contributed by atoms with Gasteiger partial charge in [-0.05, 0) is 7.05 Å². The largest absolute Gasteiger partial charge is 0.383 e. The summed E-state index contributed by atoms with van der Waals surface area (Å²) in [6.45, 7) is 2.56. The van der Waals surface area contributed by atoms with Crippen molar-refractivity contribution >= 4 is 10.0 Å². The number of hydrogen-bond acceptors (Lipinski definition) is 6. The van der Waals surface area contributed by atoms with Crippen LogP contribution >= 0.6 is 0 Å². The van der Waals surface area contributed by atoms with Crippen molar-refractivity contribution in [3.05, 3.63) is 12.4 Å². The summed E-state index contributed by atoms with van der Waals surface area (Å²) >= 11 is 0. The fourth-order valence-electron chi connectivity index (χ4n) is 1.71. The quantitative estimate of drug-likeness (QED) is 0.585. The van der Waals surface area contributed by atoms with E-state index in [2.05, 4.69) is 10.4 Å². The zero-order valence-electron chi connectivity index (χ0n) is 12.8. The number of nitrogens with zero attached hydrogens (tertiary/aromatic N) is 3. The van der Waals surface area contributed by atoms with Gasteiger partial charge in [0.25, 0.3) is 0 Å². The predicted molar refractivity (Wildman–Crippen MR) is 78.7 cm³/mol. The molecule has 1 aromatic heterocycles. The standard InChI is InChI=1S/C12H24N4O4S/c1-13-4-5-15-11-12(10-14-15)21(17,18)16(6-8-19-2)7-9-20-3/h10-11,13H,4-9H2,1-3H3. The lowest BCUT2D eigenvalue weighted by Crippen LogP contribution is -2.36. The molecule has 0 unspecified atom stereocenters. The van der Waals surface area contributed by atoms with Crippen molar-refractivity contribution in [1.82, 2.24) is 19.4 Å². The molecule has 0 saturated heterocycles. The molecule has 0 spiro atoms. The minimum atomic E-state index is -3.58. The second-order valence-corrected chi connectivity index (χ2v) is 6.37. The van der Waals surface area contributed by atoms with Gasteiger partial charge in [-0.2, -0.15) is 9.40 Å². The molecular weight excluding hydrogens is 296 g/mol. The van der Waals surface area contributed by atoms with E-state index in [1.807, 2.05) is 7.05 Å². The maximum atomic E-state index is 12.6. The average molecular weight is 320 g/mol. The van der Waals surface area contributed by atoms with Gasteiger partial charge >= 0.3 is 0 Å². The van der Waals surface area contributed by atoms with Crippen LogP contribution in [0.5, 0.6) is 0 Å². The third-order valence-electron chi connectivity index (χ3n) is 2.93. The number of methoxy groups -OCH3 is 2. The van der Waals surface area contributed by atoms with E-state index in [0.717, 1.165) is 6.54 Å². The number of aromatic nitrogens is 2. The molecule has 0 aliphatic heterocycles. The first-order valence-corrected chi connectivity index (χ1v) is 8.15. The third kappa shape index (κ3) is 5.36. The van der Waals surface area contributed by atoms with Crippen molar-refractivity contribution in [1.29, 1.82) is 0 Å². The molecule has 0 bridgehead atoms. The van der Waals surface area contributed by atoms with Crippen LogP contribution in [0.15, 0.2) is 17.3 Å². The highest BCUT2D eigenvalue weighted by molar-refractivity contribution is 7.89. The van der Waals surface area contributed by atoms with Gasteiger partial charge in [-0.3, -0.25) is 4.68 Å². The van der Waals surface area contributed by atoms with Crippen LogP contribution in [0.3, 0.4) is 0 Å². The molecule has 0 atom stereocenters. The van der Waals surface area contributed by atoms with Gasteiger partial charge in [0.15, 0.2) is 0 Å². The molecule has 1 rings (SSSR count). The molecule has 1 N–H and O–H groups in total. The van der Waals surface area contributed by atoms with E-state index in [-0.39, 0.29) is 18.0 Å². The van der Waals surface area contributed by atoms with E-state index in [9.17, 15) is 8.42 Å². The van der Waals surface area contributed by atoms with E-state index in [1.165, 1.54) is 24.7 Å². The van der Waals surface area contributed by atoms with Crippen LogP contribution in [0.25, 0.3) is 0 Å². The first kappa shape index (κ1) is 18.1. The summed E-state index contributed by atoms with van der Waals surface area (Å²) < 4.78 is 38.0. The van der Waals surface area contributed by atoms with Gasteiger partial charge in [0.05, 0.1) is 26.0 Å². The highest BCUT2D eigenvalue weighted by Gasteiger charge is 2.25. The highest BCUT2D eigenvalue weighted by Crippen LogP contribution is 2.14. The van der Waals surface area contributed by atoms with Gasteiger partial charge in [0.1, 0.15) is 4.90 Å². The van der Waals surface area contributed by atoms with Crippen LogP contribution in [0.1, 0.15) is 0 Å². The van der Waals surface area contributed by atoms with Gasteiger partial charge in [-0.15, -0.1) is 0 Å². The number of sulfonamides is 1. The fourth-order valence-corrected chi connectivity index (χ4v) is 3.08. The van der Waals surface area contributed by atoms with Crippen molar-refractivity contribution in [3.8, 4) is 0 Å². The zero-order chi connectivity index (χ0) is 15.7. The molecule has 0 aromatic carbocycles. The van der Waals surface area contributed by atoms with Crippen LogP contribution in [-0.4, -0.2) is 76.6 Å². The van der Waals surface area contributed by atoms with Crippen LogP contribution < -0.4 is 5.32 Å². The van der Waals surface area contributed by atoms with Gasteiger partial charge in [0.2, 0.25) is 10.0 Å². The van der Waals surface area contributed by atoms with Crippen molar-refractivity contribution in [2.75, 3.05) is 54.1 Å². The Labute approximate surface area is 126 Å². The molecular formula is C12H24N4O4S. The van der Waals surface area contributed by atoms with Crippen molar-refractivity contribution < 1.29 is 17.9 Å². The SMILES string of the molecule is CNCCn1cc(S(=O)(=O)N(CCOC)CCOC)cn1. The summed E-state index contributed by atoms with van der Waals surface area (Å²) in [5, 5.41) is 7.06. The summed E-state index contributed by atoms with van der Waals surface area (Å²) in [4.78, 5) is 0.186. The van der Waals surface area contributed by atoms with Crippen molar-refractivity contribution in [3.63, 3.8) is 0 Å². The Hall–Kier alpha value is -1.00. The molecule has 0 fully saturated rings. The van der Waals surface area contributed by atoms with Crippen LogP contribution in [0.2, 0.25) is 0 Å². The minimum absolute atomic E-state index is 0.186. The Kier molecular flexibility index (Phi) is 7.83. The van der Waals surface area contributed by atoms with E-state index in [1.54, 1.807) is 10.9 Å². The summed E-state index contributed by atoms with van der Waals surface area (Å²) in [7, 11) is 1.33. The lowest BCUT2D eigenvalue weighted by Gasteiger charge is -2.20. The smallest absolute Gasteiger partial charge is 0.246 e. The molecule has 0 aliphatic rings. The van der Waals surface area contributed by atoms with Crippen LogP contribution in [0, 0.1) is 0 Å². The van der Waals surface area contributed by atoms with Gasteiger partial charge < -0.3 is 14.8 Å². The Bertz CT molecular complexity index is 495. The molecule has 0 aliphatic carbocycles. The number of likely N-dealkylation sites (N-methyl/N-ethyl adjacent to an activating group) is 1. The molecule has 0 saturated carbocycles. The summed E-state index contributed by atoms with van der Waals surface area (Å²) in [6, 6.07) is 0. The Balaban J connectivity index is 2.85. The second kappa shape index (κ2) is 9.11. The van der Waals surface area contributed by atoms with Gasteiger partial charge in [-0.25, -0.2) is 8.42 Å². The van der Waals surface area contributed by atoms with E-state index < -0.39 is 10.0 Å². The maximum absolute atomic E-state index is 12.6. The lowest BCUT2D eigenvalue weighted by atomic mass is 10.6. The lowest BCUT2D eigenvalue weighted by molar-refractivity contribution is 0.150. The first-order chi connectivity index (χ1) is 10.1. The second-order valence-electron chi connectivity index (χ2n) is 4.43. The molecule has 0 radical (unpaired) electrons. The number of hydrogen-bond donors (Lipinski definition) is 1. The molecule has 1 heterocycles. The molecule has 8 nitrogen and oxygen atoms in total. The fraction of sp³-hybridized carbons (Fsp3) is 0.750. The van der Waals surface area contributed by atoms with Crippen molar-refractivity contribution in [2.24, 2.45) is 0 Å². The molecule has 21 heavy (non-hydrogen) atoms. The first-order valence-electron chi connectivity index (χ1n) is 6.71. The maximum Gasteiger partial charge on any atom is 0.246 e. The number of rotatable bonds is 11. The summed E-state index contributed by atoms with van der Waals surface area (Å²) in [5.41, 5.74) is 0. The van der Waals surface area contributed by atoms with Crippen LogP contribution in [0.4, 0.5) is 0 Å². The number of ether oxygens (including phenoxy) is 2. The summed E-state index contributed by atoms with van der Waals surface area (Å²) in [5.74, 6) is 0. The summed E-state index contributed by atoms with van der Waals surface area (Å²) in [6.07, 6.45) is 2.91. The topological polar surface area (TPSA) is 85.7 Å². The molecule has 9 heteroatoms. The third-order valence-corrected chi connectivity index (χ3v) is 4.78. The minimum Gasteiger partial charge on any atom is -0.383 e. The normalized spacial score (nSPS) is 12.2. The van der Waals surface area contributed by atoms with Gasteiger partial charge in [-0.1, -0.05) is 0 Å². The Morgan fingerprint density at radius 2 is 1.90 bits per heavy atom. The molecule has 0 amide bonds. The average Bonchev–Trinajstić information content (AvgIpc) is 2.94. The molecule has 122 valence electrons. The van der Waals surface area contributed by atoms with Crippen molar-refractivity contribution in [2.45, 2.75) is 11.4 Å². The predicted octanol–water partition coefficient (Wildman–Crippen LogP) is -0.614. The Morgan fingerprint density at radius 3 is 2.43 bits per heavy atom. The van der Waals surface area contributed by atoms with E-state index in [0.29, 0.717) is 19.8 Å². The van der Waals surface area contributed by atoms with E-state index in [4.69, 9.17) is 9.47 Å². The highest BCUT2D eigenvalue weighted by atomic mass is 32.2. The van der Waals surface area contributed by atoms with Crippen LogP contribution in [-0.2, 0) is 26.0 Å². The zero-order valence-corrected chi connectivity index (χ0v) is 13.6. The monoisotopic (exact) mass is 320 g/mol. The number of nitrogens with one attached hydrogen (secondary N) is 1. The Morgan fingerprint density at radius 1 is 1.29 bits per heavy atom. The molecule has 1 aromatic rings.